The number of benzene rings is 1. The highest BCUT2D eigenvalue weighted by Gasteiger charge is 2.26. The van der Waals surface area contributed by atoms with E-state index in [1.165, 1.54) is 12.1 Å². The zero-order valence-electron chi connectivity index (χ0n) is 12.7. The predicted molar refractivity (Wildman–Crippen MR) is 81.8 cm³/mol. The fourth-order valence-corrected chi connectivity index (χ4v) is 2.67. The second-order valence-corrected chi connectivity index (χ2v) is 5.55. The second kappa shape index (κ2) is 6.39. The average molecular weight is 322 g/mol. The number of nitrogens with zero attached hydrogens (tertiary/aromatic N) is 2. The predicted octanol–water partition coefficient (Wildman–Crippen LogP) is 0.556. The van der Waals surface area contributed by atoms with Crippen LogP contribution < -0.4 is 20.1 Å². The minimum absolute atomic E-state index is 0.0161. The summed E-state index contributed by atoms with van der Waals surface area (Å²) in [6.07, 6.45) is 0. The molecule has 1 aromatic carbocycles. The molecule has 2 N–H and O–H groups in total. The standard InChI is InChI=1S/C14H18N4O5/c1-9-6-15-2-3-17(9)7-14(19)16-10-4-12-13(23-8-22-12)5-11(10)18(20)21/h4-5,9,15H,2-3,6-8H2,1H3,(H,16,19)/t9-/m0/s1. The van der Waals surface area contributed by atoms with Crippen LogP contribution in [0.5, 0.6) is 11.5 Å². The minimum atomic E-state index is -0.551. The van der Waals surface area contributed by atoms with Gasteiger partial charge in [-0.2, -0.15) is 0 Å². The maximum absolute atomic E-state index is 12.2. The van der Waals surface area contributed by atoms with E-state index in [0.29, 0.717) is 11.5 Å². The van der Waals surface area contributed by atoms with Gasteiger partial charge in [-0.05, 0) is 6.92 Å². The molecule has 1 amide bonds. The van der Waals surface area contributed by atoms with Crippen LogP contribution in [0.3, 0.4) is 0 Å². The summed E-state index contributed by atoms with van der Waals surface area (Å²) >= 11 is 0. The molecule has 0 saturated carbocycles. The SMILES string of the molecule is C[C@H]1CNCCN1CC(=O)Nc1cc2c(cc1[N+](=O)[O-])OCO2. The fourth-order valence-electron chi connectivity index (χ4n) is 2.67. The summed E-state index contributed by atoms with van der Waals surface area (Å²) < 4.78 is 10.3. The Morgan fingerprint density at radius 2 is 2.22 bits per heavy atom. The lowest BCUT2D eigenvalue weighted by atomic mass is 10.2. The van der Waals surface area contributed by atoms with Crippen LogP contribution in [0.4, 0.5) is 11.4 Å². The number of nitrogens with one attached hydrogen (secondary N) is 2. The van der Waals surface area contributed by atoms with Gasteiger partial charge in [-0.25, -0.2) is 0 Å². The average Bonchev–Trinajstić information content (AvgIpc) is 2.96. The first-order valence-corrected chi connectivity index (χ1v) is 7.37. The van der Waals surface area contributed by atoms with Crippen molar-refractivity contribution in [3.05, 3.63) is 22.2 Å². The summed E-state index contributed by atoms with van der Waals surface area (Å²) in [5.74, 6) is 0.410. The monoisotopic (exact) mass is 322 g/mol. The first-order valence-electron chi connectivity index (χ1n) is 7.37. The molecule has 9 nitrogen and oxygen atoms in total. The molecule has 2 aliphatic rings. The molecule has 1 fully saturated rings. The number of anilines is 1. The topological polar surface area (TPSA) is 106 Å². The van der Waals surface area contributed by atoms with Crippen molar-refractivity contribution in [2.45, 2.75) is 13.0 Å². The Kier molecular flexibility index (Phi) is 4.30. The lowest BCUT2D eigenvalue weighted by Crippen LogP contribution is -2.52. The Balaban J connectivity index is 1.74. The lowest BCUT2D eigenvalue weighted by molar-refractivity contribution is -0.384. The zero-order chi connectivity index (χ0) is 16.4. The van der Waals surface area contributed by atoms with Crippen LogP contribution in [0.15, 0.2) is 12.1 Å². The molecule has 1 saturated heterocycles. The van der Waals surface area contributed by atoms with Crippen molar-refractivity contribution in [3.63, 3.8) is 0 Å². The molecule has 0 aliphatic carbocycles. The third-order valence-corrected chi connectivity index (χ3v) is 3.95. The maximum atomic E-state index is 12.2. The Morgan fingerprint density at radius 1 is 1.48 bits per heavy atom. The van der Waals surface area contributed by atoms with Crippen molar-refractivity contribution in [1.82, 2.24) is 10.2 Å². The first kappa shape index (κ1) is 15.5. The molecule has 0 spiro atoms. The van der Waals surface area contributed by atoms with Gasteiger partial charge in [0.25, 0.3) is 5.69 Å². The number of nitro benzene ring substituents is 1. The van der Waals surface area contributed by atoms with Gasteiger partial charge in [0.05, 0.1) is 17.5 Å². The van der Waals surface area contributed by atoms with Gasteiger partial charge in [0.15, 0.2) is 11.5 Å². The normalized spacial score (nSPS) is 20.3. The highest BCUT2D eigenvalue weighted by Crippen LogP contribution is 2.40. The van der Waals surface area contributed by atoms with Crippen LogP contribution in [0.25, 0.3) is 0 Å². The van der Waals surface area contributed by atoms with E-state index < -0.39 is 4.92 Å². The molecular weight excluding hydrogens is 304 g/mol. The number of ether oxygens (including phenoxy) is 2. The van der Waals surface area contributed by atoms with Gasteiger partial charge in [0, 0.05) is 31.7 Å². The van der Waals surface area contributed by atoms with Gasteiger partial charge < -0.3 is 20.1 Å². The van der Waals surface area contributed by atoms with Crippen LogP contribution in [0.2, 0.25) is 0 Å². The van der Waals surface area contributed by atoms with E-state index in [1.807, 2.05) is 11.8 Å². The van der Waals surface area contributed by atoms with E-state index in [4.69, 9.17) is 9.47 Å². The Bertz CT molecular complexity index is 636. The molecule has 23 heavy (non-hydrogen) atoms. The molecule has 9 heteroatoms. The van der Waals surface area contributed by atoms with E-state index in [0.717, 1.165) is 19.6 Å². The molecule has 1 atom stereocenters. The smallest absolute Gasteiger partial charge is 0.296 e. The molecule has 0 bridgehead atoms. The third kappa shape index (κ3) is 3.35. The van der Waals surface area contributed by atoms with Crippen molar-refractivity contribution >= 4 is 17.3 Å². The molecule has 3 rings (SSSR count). The number of nitro groups is 1. The van der Waals surface area contributed by atoms with Crippen LogP contribution in [0.1, 0.15) is 6.92 Å². The van der Waals surface area contributed by atoms with E-state index in [1.54, 1.807) is 0 Å². The second-order valence-electron chi connectivity index (χ2n) is 5.55. The largest absolute Gasteiger partial charge is 0.454 e. The quantitative estimate of drug-likeness (QED) is 0.616. The van der Waals surface area contributed by atoms with E-state index in [2.05, 4.69) is 10.6 Å². The Hall–Kier alpha value is -2.39. The van der Waals surface area contributed by atoms with Gasteiger partial charge in [0.1, 0.15) is 5.69 Å². The first-order chi connectivity index (χ1) is 11.0. The number of amides is 1. The summed E-state index contributed by atoms with van der Waals surface area (Å²) in [6, 6.07) is 2.94. The lowest BCUT2D eigenvalue weighted by Gasteiger charge is -2.33. The van der Waals surface area contributed by atoms with Crippen molar-refractivity contribution in [1.29, 1.82) is 0 Å². The summed E-state index contributed by atoms with van der Waals surface area (Å²) in [7, 11) is 0. The number of rotatable bonds is 4. The van der Waals surface area contributed by atoms with Crippen LogP contribution in [-0.4, -0.2) is 54.7 Å². The van der Waals surface area contributed by atoms with Crippen molar-refractivity contribution in [2.24, 2.45) is 0 Å². The van der Waals surface area contributed by atoms with Crippen LogP contribution in [0, 0.1) is 10.1 Å². The van der Waals surface area contributed by atoms with E-state index in [-0.39, 0.29) is 36.7 Å². The van der Waals surface area contributed by atoms with Crippen LogP contribution >= 0.6 is 0 Å². The number of carbonyl (C=O) groups excluding carboxylic acids is 1. The van der Waals surface area contributed by atoms with Crippen molar-refractivity contribution in [2.75, 3.05) is 38.3 Å². The zero-order valence-corrected chi connectivity index (χ0v) is 12.7. The summed E-state index contributed by atoms with van der Waals surface area (Å²) in [5.41, 5.74) is -0.0944. The Morgan fingerprint density at radius 3 is 2.91 bits per heavy atom. The molecule has 1 aromatic rings. The fraction of sp³-hybridized carbons (Fsp3) is 0.500. The van der Waals surface area contributed by atoms with Gasteiger partial charge in [0.2, 0.25) is 12.7 Å². The number of fused-ring (bicyclic) bond motifs is 1. The maximum Gasteiger partial charge on any atom is 0.296 e. The molecule has 0 radical (unpaired) electrons. The van der Waals surface area contributed by atoms with Crippen molar-refractivity contribution < 1.29 is 19.2 Å². The minimum Gasteiger partial charge on any atom is -0.454 e. The van der Waals surface area contributed by atoms with E-state index >= 15 is 0 Å². The summed E-state index contributed by atoms with van der Waals surface area (Å²) in [6.45, 7) is 4.64. The molecule has 2 heterocycles. The highest BCUT2D eigenvalue weighted by molar-refractivity contribution is 5.95. The van der Waals surface area contributed by atoms with Gasteiger partial charge in [-0.3, -0.25) is 19.8 Å². The van der Waals surface area contributed by atoms with Gasteiger partial charge in [-0.1, -0.05) is 0 Å². The number of carbonyl (C=O) groups is 1. The number of hydrogen-bond donors (Lipinski definition) is 2. The summed E-state index contributed by atoms with van der Waals surface area (Å²) in [5, 5.41) is 17.0. The molecule has 124 valence electrons. The Labute approximate surface area is 132 Å². The third-order valence-electron chi connectivity index (χ3n) is 3.95. The number of hydrogen-bond acceptors (Lipinski definition) is 7. The van der Waals surface area contributed by atoms with Crippen molar-refractivity contribution in [3.8, 4) is 11.5 Å². The molecule has 2 aliphatic heterocycles. The highest BCUT2D eigenvalue weighted by atomic mass is 16.7. The molecule has 0 unspecified atom stereocenters. The summed E-state index contributed by atoms with van der Waals surface area (Å²) in [4.78, 5) is 24.9. The van der Waals surface area contributed by atoms with Gasteiger partial charge >= 0.3 is 0 Å². The number of piperazine rings is 1. The molecule has 0 aromatic heterocycles. The van der Waals surface area contributed by atoms with E-state index in [9.17, 15) is 14.9 Å². The van der Waals surface area contributed by atoms with Gasteiger partial charge in [-0.15, -0.1) is 0 Å². The molecular formula is C14H18N4O5. The van der Waals surface area contributed by atoms with Crippen LogP contribution in [-0.2, 0) is 4.79 Å².